The van der Waals surface area contributed by atoms with E-state index in [4.69, 9.17) is 16.3 Å². The second-order valence-electron chi connectivity index (χ2n) is 6.96. The number of sulfone groups is 1. The number of nitrogens with one attached hydrogen (secondary N) is 1. The lowest BCUT2D eigenvalue weighted by molar-refractivity contribution is -0.387. The molecule has 0 spiro atoms. The first-order valence-electron chi connectivity index (χ1n) is 8.77. The molecule has 3 rings (SSSR count). The quantitative estimate of drug-likeness (QED) is 0.559. The van der Waals surface area contributed by atoms with E-state index in [0.717, 1.165) is 24.7 Å². The molecule has 9 heteroatoms. The van der Waals surface area contributed by atoms with Gasteiger partial charge in [0.25, 0.3) is 5.69 Å². The number of hydrogen-bond acceptors (Lipinski definition) is 6. The molecule has 1 saturated heterocycles. The Labute approximate surface area is 168 Å². The topological polar surface area (TPSA) is 98.5 Å². The fourth-order valence-electron chi connectivity index (χ4n) is 3.48. The summed E-state index contributed by atoms with van der Waals surface area (Å²) < 4.78 is 29.5. The largest absolute Gasteiger partial charge is 0.384 e. The Kier molecular flexibility index (Phi) is 5.92. The van der Waals surface area contributed by atoms with E-state index in [1.54, 1.807) is 0 Å². The first kappa shape index (κ1) is 20.6. The average Bonchev–Trinajstić information content (AvgIpc) is 2.66. The summed E-state index contributed by atoms with van der Waals surface area (Å²) in [5.41, 5.74) is 1.02. The molecule has 1 aliphatic heterocycles. The van der Waals surface area contributed by atoms with Gasteiger partial charge in [-0.2, -0.15) is 0 Å². The molecule has 7 nitrogen and oxygen atoms in total. The van der Waals surface area contributed by atoms with Gasteiger partial charge in [0.1, 0.15) is 4.90 Å². The van der Waals surface area contributed by atoms with Crippen LogP contribution in [-0.2, 0) is 20.0 Å². The van der Waals surface area contributed by atoms with Gasteiger partial charge >= 0.3 is 0 Å². The zero-order valence-electron chi connectivity index (χ0n) is 15.4. The van der Waals surface area contributed by atoms with Gasteiger partial charge in [-0.25, -0.2) is 8.42 Å². The number of nitro benzene ring substituents is 1. The van der Waals surface area contributed by atoms with Crippen molar-refractivity contribution in [2.75, 3.05) is 31.3 Å². The van der Waals surface area contributed by atoms with E-state index in [9.17, 15) is 18.5 Å². The Morgan fingerprint density at radius 2 is 1.82 bits per heavy atom. The number of anilines is 1. The number of rotatable bonds is 6. The second-order valence-corrected chi connectivity index (χ2v) is 9.39. The Morgan fingerprint density at radius 3 is 2.39 bits per heavy atom. The first-order valence-corrected chi connectivity index (χ1v) is 11.0. The first-order chi connectivity index (χ1) is 13.2. The van der Waals surface area contributed by atoms with Crippen molar-refractivity contribution in [1.29, 1.82) is 0 Å². The van der Waals surface area contributed by atoms with Crippen LogP contribution in [0.5, 0.6) is 0 Å². The summed E-state index contributed by atoms with van der Waals surface area (Å²) in [7, 11) is -3.73. The van der Waals surface area contributed by atoms with Crippen molar-refractivity contribution in [3.63, 3.8) is 0 Å². The molecule has 0 radical (unpaired) electrons. The fraction of sp³-hybridized carbons (Fsp3) is 0.368. The predicted molar refractivity (Wildman–Crippen MR) is 108 cm³/mol. The maximum Gasteiger partial charge on any atom is 0.288 e. The summed E-state index contributed by atoms with van der Waals surface area (Å²) >= 11 is 6.02. The van der Waals surface area contributed by atoms with Crippen molar-refractivity contribution in [2.45, 2.75) is 23.2 Å². The SMILES string of the molecule is CS(=O)(=O)c1cc(NCC2(c3ccc(Cl)cc3)CCOCC2)ccc1[N+](=O)[O-]. The summed E-state index contributed by atoms with van der Waals surface area (Å²) in [6.07, 6.45) is 2.56. The highest BCUT2D eigenvalue weighted by atomic mass is 35.5. The second kappa shape index (κ2) is 8.06. The number of nitrogens with zero attached hydrogens (tertiary/aromatic N) is 1. The van der Waals surface area contributed by atoms with E-state index in [1.807, 2.05) is 24.3 Å². The molecule has 0 bridgehead atoms. The molecular weight excluding hydrogens is 404 g/mol. The molecule has 28 heavy (non-hydrogen) atoms. The summed E-state index contributed by atoms with van der Waals surface area (Å²) in [6, 6.07) is 11.8. The molecule has 2 aromatic carbocycles. The van der Waals surface area contributed by atoms with Crippen molar-refractivity contribution in [3.8, 4) is 0 Å². The molecule has 1 N–H and O–H groups in total. The van der Waals surface area contributed by atoms with Crippen LogP contribution in [-0.4, -0.2) is 39.4 Å². The number of halogens is 1. The minimum Gasteiger partial charge on any atom is -0.384 e. The van der Waals surface area contributed by atoms with Crippen LogP contribution < -0.4 is 5.32 Å². The van der Waals surface area contributed by atoms with E-state index in [0.29, 0.717) is 30.5 Å². The van der Waals surface area contributed by atoms with Crippen LogP contribution in [0.2, 0.25) is 5.02 Å². The molecule has 0 aliphatic carbocycles. The Hall–Kier alpha value is -2.16. The maximum absolute atomic E-state index is 12.0. The standard InChI is InChI=1S/C19H21ClN2O5S/c1-28(25,26)18-12-16(6-7-17(18)22(23)24)21-13-19(8-10-27-11-9-19)14-2-4-15(20)5-3-14/h2-7,12,21H,8-11,13H2,1H3. The van der Waals surface area contributed by atoms with Gasteiger partial charge in [-0.05, 0) is 42.7 Å². The third-order valence-corrected chi connectivity index (χ3v) is 6.47. The molecule has 1 heterocycles. The number of ether oxygens (including phenoxy) is 1. The molecular formula is C19H21ClN2O5S. The van der Waals surface area contributed by atoms with E-state index in [1.165, 1.54) is 18.2 Å². The van der Waals surface area contributed by atoms with Crippen molar-refractivity contribution in [2.24, 2.45) is 0 Å². The van der Waals surface area contributed by atoms with Crippen LogP contribution in [0.4, 0.5) is 11.4 Å². The van der Waals surface area contributed by atoms with Gasteiger partial charge in [0, 0.05) is 48.2 Å². The van der Waals surface area contributed by atoms with Crippen molar-refractivity contribution >= 4 is 32.8 Å². The molecule has 0 saturated carbocycles. The van der Waals surface area contributed by atoms with E-state index in [2.05, 4.69) is 5.32 Å². The van der Waals surface area contributed by atoms with Crippen molar-refractivity contribution in [1.82, 2.24) is 0 Å². The zero-order chi connectivity index (χ0) is 20.4. The van der Waals surface area contributed by atoms with Gasteiger partial charge < -0.3 is 10.1 Å². The predicted octanol–water partition coefficient (Wildman–Crippen LogP) is 3.81. The van der Waals surface area contributed by atoms with Crippen LogP contribution in [0.1, 0.15) is 18.4 Å². The normalized spacial score (nSPS) is 16.5. The third-order valence-electron chi connectivity index (χ3n) is 5.09. The molecule has 0 amide bonds. The Balaban J connectivity index is 1.90. The molecule has 0 unspecified atom stereocenters. The molecule has 0 atom stereocenters. The van der Waals surface area contributed by atoms with E-state index in [-0.39, 0.29) is 10.3 Å². The highest BCUT2D eigenvalue weighted by Crippen LogP contribution is 2.36. The average molecular weight is 425 g/mol. The Morgan fingerprint density at radius 1 is 1.18 bits per heavy atom. The minimum absolute atomic E-state index is 0.199. The molecule has 0 aromatic heterocycles. The van der Waals surface area contributed by atoms with Crippen LogP contribution in [0.15, 0.2) is 47.4 Å². The highest BCUT2D eigenvalue weighted by molar-refractivity contribution is 7.90. The molecule has 1 aliphatic rings. The van der Waals surface area contributed by atoms with Crippen LogP contribution in [0, 0.1) is 10.1 Å². The number of hydrogen-bond donors (Lipinski definition) is 1. The van der Waals surface area contributed by atoms with Gasteiger partial charge in [-0.15, -0.1) is 0 Å². The van der Waals surface area contributed by atoms with Crippen molar-refractivity contribution in [3.05, 3.63) is 63.2 Å². The van der Waals surface area contributed by atoms with Crippen LogP contribution in [0.25, 0.3) is 0 Å². The lowest BCUT2D eigenvalue weighted by Crippen LogP contribution is -2.40. The molecule has 2 aromatic rings. The summed E-state index contributed by atoms with van der Waals surface area (Å²) in [4.78, 5) is 10.2. The summed E-state index contributed by atoms with van der Waals surface area (Å²) in [5, 5.41) is 15.1. The summed E-state index contributed by atoms with van der Waals surface area (Å²) in [6.45, 7) is 1.79. The van der Waals surface area contributed by atoms with Gasteiger partial charge in [-0.1, -0.05) is 23.7 Å². The van der Waals surface area contributed by atoms with Crippen LogP contribution in [0.3, 0.4) is 0 Å². The number of benzene rings is 2. The fourth-order valence-corrected chi connectivity index (χ4v) is 4.47. The van der Waals surface area contributed by atoms with E-state index < -0.39 is 20.4 Å². The van der Waals surface area contributed by atoms with Crippen LogP contribution >= 0.6 is 11.6 Å². The van der Waals surface area contributed by atoms with Crippen molar-refractivity contribution < 1.29 is 18.1 Å². The zero-order valence-corrected chi connectivity index (χ0v) is 16.9. The monoisotopic (exact) mass is 424 g/mol. The molecule has 1 fully saturated rings. The minimum atomic E-state index is -3.73. The lowest BCUT2D eigenvalue weighted by Gasteiger charge is -2.38. The van der Waals surface area contributed by atoms with Gasteiger partial charge in [0.15, 0.2) is 9.84 Å². The number of nitro groups is 1. The van der Waals surface area contributed by atoms with Gasteiger partial charge in [-0.3, -0.25) is 10.1 Å². The summed E-state index contributed by atoms with van der Waals surface area (Å²) in [5.74, 6) is 0. The van der Waals surface area contributed by atoms with Gasteiger partial charge in [0.2, 0.25) is 0 Å². The third kappa shape index (κ3) is 4.45. The maximum atomic E-state index is 12.0. The molecule has 150 valence electrons. The Bertz CT molecular complexity index is 970. The van der Waals surface area contributed by atoms with E-state index >= 15 is 0 Å². The highest BCUT2D eigenvalue weighted by Gasteiger charge is 2.34. The van der Waals surface area contributed by atoms with Gasteiger partial charge in [0.05, 0.1) is 4.92 Å². The smallest absolute Gasteiger partial charge is 0.288 e. The lowest BCUT2D eigenvalue weighted by atomic mass is 9.74.